The summed E-state index contributed by atoms with van der Waals surface area (Å²) in [4.78, 5) is 22.9. The Morgan fingerprint density at radius 3 is 2.83 bits per heavy atom. The Kier molecular flexibility index (Phi) is 6.00. The predicted molar refractivity (Wildman–Crippen MR) is 76.3 cm³/mol. The molecule has 1 atom stereocenters. The van der Waals surface area contributed by atoms with Gasteiger partial charge in [-0.3, -0.25) is 9.59 Å². The van der Waals surface area contributed by atoms with Crippen LogP contribution in [0.3, 0.4) is 0 Å². The molecule has 7 heteroatoms. The molecule has 0 aliphatic heterocycles. The molecule has 0 spiro atoms. The Bertz CT molecular complexity index is 470. The summed E-state index contributed by atoms with van der Waals surface area (Å²) in [6.07, 6.45) is 0. The van der Waals surface area contributed by atoms with Gasteiger partial charge < -0.3 is 10.1 Å². The average molecular weight is 430 g/mol. The van der Waals surface area contributed by atoms with Crippen molar-refractivity contribution in [1.82, 2.24) is 5.32 Å². The van der Waals surface area contributed by atoms with Crippen LogP contribution in [-0.4, -0.2) is 29.5 Å². The number of methoxy groups -OCH3 is 1. The minimum atomic E-state index is -0.512. The fourth-order valence-electron chi connectivity index (χ4n) is 1.17. The lowest BCUT2D eigenvalue weighted by atomic mass is 10.2. The van der Waals surface area contributed by atoms with Gasteiger partial charge in [-0.25, -0.2) is 4.39 Å². The molecule has 1 rings (SSSR count). The third kappa shape index (κ3) is 3.91. The number of alkyl halides is 1. The van der Waals surface area contributed by atoms with Crippen LogP contribution in [0, 0.1) is 5.82 Å². The molecular formula is C11H10BrFINO3. The summed E-state index contributed by atoms with van der Waals surface area (Å²) < 4.78 is 17.4. The molecule has 0 aliphatic rings. The van der Waals surface area contributed by atoms with Crippen LogP contribution in [0.15, 0.2) is 22.7 Å². The molecule has 18 heavy (non-hydrogen) atoms. The van der Waals surface area contributed by atoms with E-state index in [2.05, 4.69) is 26.0 Å². The molecule has 98 valence electrons. The quantitative estimate of drug-likeness (QED) is 0.454. The first kappa shape index (κ1) is 15.4. The zero-order valence-electron chi connectivity index (χ0n) is 9.38. The summed E-state index contributed by atoms with van der Waals surface area (Å²) in [5, 5.41) is 2.54. The van der Waals surface area contributed by atoms with E-state index in [-0.39, 0.29) is 16.6 Å². The van der Waals surface area contributed by atoms with E-state index in [0.717, 1.165) is 0 Å². The molecule has 4 nitrogen and oxygen atoms in total. The highest BCUT2D eigenvalue weighted by atomic mass is 127. The molecule has 0 saturated heterocycles. The van der Waals surface area contributed by atoms with Crippen LogP contribution >= 0.6 is 38.5 Å². The molecule has 0 radical (unpaired) electrons. The number of esters is 1. The van der Waals surface area contributed by atoms with Crippen molar-refractivity contribution in [1.29, 1.82) is 0 Å². The van der Waals surface area contributed by atoms with Crippen molar-refractivity contribution in [2.24, 2.45) is 0 Å². The maximum absolute atomic E-state index is 13.2. The minimum Gasteiger partial charge on any atom is -0.468 e. The Labute approximate surface area is 126 Å². The van der Waals surface area contributed by atoms with E-state index in [0.29, 0.717) is 0 Å². The lowest BCUT2D eigenvalue weighted by Crippen LogP contribution is -2.34. The number of nitrogens with one attached hydrogen (secondary N) is 1. The number of rotatable bonds is 4. The molecule has 0 saturated carbocycles. The van der Waals surface area contributed by atoms with Gasteiger partial charge in [0.15, 0.2) is 0 Å². The van der Waals surface area contributed by atoms with Crippen molar-refractivity contribution in [2.75, 3.05) is 13.7 Å². The van der Waals surface area contributed by atoms with E-state index in [1.807, 2.05) is 22.6 Å². The van der Waals surface area contributed by atoms with Gasteiger partial charge in [-0.05, 0) is 28.1 Å². The van der Waals surface area contributed by atoms with E-state index in [1.165, 1.54) is 25.3 Å². The SMILES string of the molecule is COC(=O)C(I)CNC(=O)c1cccc(F)c1Br. The van der Waals surface area contributed by atoms with Gasteiger partial charge in [0.2, 0.25) is 0 Å². The van der Waals surface area contributed by atoms with Gasteiger partial charge in [-0.2, -0.15) is 0 Å². The number of hydrogen-bond donors (Lipinski definition) is 1. The average Bonchev–Trinajstić information content (AvgIpc) is 2.37. The second kappa shape index (κ2) is 7.03. The van der Waals surface area contributed by atoms with Crippen LogP contribution in [0.2, 0.25) is 0 Å². The molecule has 1 amide bonds. The summed E-state index contributed by atoms with van der Waals surface area (Å²) >= 11 is 4.86. The molecule has 0 aliphatic carbocycles. The third-order valence-corrected chi connectivity index (χ3v) is 3.85. The van der Waals surface area contributed by atoms with Crippen molar-refractivity contribution in [3.8, 4) is 0 Å². The number of ether oxygens (including phenoxy) is 1. The van der Waals surface area contributed by atoms with Gasteiger partial charge in [-0.15, -0.1) is 0 Å². The second-order valence-electron chi connectivity index (χ2n) is 3.30. The van der Waals surface area contributed by atoms with E-state index >= 15 is 0 Å². The van der Waals surface area contributed by atoms with Crippen LogP contribution in [0.4, 0.5) is 4.39 Å². The van der Waals surface area contributed by atoms with Crippen LogP contribution in [0.5, 0.6) is 0 Å². The number of halogens is 3. The van der Waals surface area contributed by atoms with Crippen molar-refractivity contribution < 1.29 is 18.7 Å². The number of amides is 1. The molecule has 0 fully saturated rings. The van der Waals surface area contributed by atoms with Crippen molar-refractivity contribution in [2.45, 2.75) is 3.92 Å². The van der Waals surface area contributed by atoms with Gasteiger partial charge >= 0.3 is 5.97 Å². The van der Waals surface area contributed by atoms with E-state index in [9.17, 15) is 14.0 Å². The molecule has 1 aromatic rings. The Morgan fingerprint density at radius 2 is 2.22 bits per heavy atom. The molecule has 0 aromatic heterocycles. The summed E-state index contributed by atoms with van der Waals surface area (Å²) in [5.41, 5.74) is 0.184. The lowest BCUT2D eigenvalue weighted by molar-refractivity contribution is -0.139. The Morgan fingerprint density at radius 1 is 1.56 bits per heavy atom. The number of carbonyl (C=O) groups excluding carboxylic acids is 2. The number of carbonyl (C=O) groups is 2. The highest BCUT2D eigenvalue weighted by molar-refractivity contribution is 14.1. The van der Waals surface area contributed by atoms with Crippen molar-refractivity contribution in [3.63, 3.8) is 0 Å². The molecule has 1 N–H and O–H groups in total. The largest absolute Gasteiger partial charge is 0.468 e. The minimum absolute atomic E-state index is 0.102. The lowest BCUT2D eigenvalue weighted by Gasteiger charge is -2.10. The fourth-order valence-corrected chi connectivity index (χ4v) is 2.09. The highest BCUT2D eigenvalue weighted by Gasteiger charge is 2.18. The summed E-state index contributed by atoms with van der Waals surface area (Å²) in [5.74, 6) is -1.39. The molecule has 1 unspecified atom stereocenters. The maximum atomic E-state index is 13.2. The fraction of sp³-hybridized carbons (Fsp3) is 0.273. The van der Waals surface area contributed by atoms with Gasteiger partial charge in [0.25, 0.3) is 5.91 Å². The van der Waals surface area contributed by atoms with Gasteiger partial charge in [0, 0.05) is 6.54 Å². The summed E-state index contributed by atoms with van der Waals surface area (Å²) in [6.45, 7) is 0.120. The zero-order valence-corrected chi connectivity index (χ0v) is 13.1. The third-order valence-electron chi connectivity index (χ3n) is 2.09. The zero-order chi connectivity index (χ0) is 13.7. The van der Waals surface area contributed by atoms with E-state index in [4.69, 9.17) is 0 Å². The summed E-state index contributed by atoms with van der Waals surface area (Å²) in [6, 6.07) is 4.18. The molecule has 0 heterocycles. The van der Waals surface area contributed by atoms with Crippen molar-refractivity contribution >= 4 is 50.4 Å². The molecule has 0 bridgehead atoms. The van der Waals surface area contributed by atoms with Crippen LogP contribution < -0.4 is 5.32 Å². The van der Waals surface area contributed by atoms with Gasteiger partial charge in [-0.1, -0.05) is 28.7 Å². The second-order valence-corrected chi connectivity index (χ2v) is 5.60. The normalized spacial score (nSPS) is 11.8. The number of benzene rings is 1. The molecule has 1 aromatic carbocycles. The predicted octanol–water partition coefficient (Wildman–Crippen LogP) is 2.29. The van der Waals surface area contributed by atoms with Crippen LogP contribution in [0.25, 0.3) is 0 Å². The topological polar surface area (TPSA) is 55.4 Å². The van der Waals surface area contributed by atoms with Gasteiger partial charge in [0.05, 0.1) is 17.1 Å². The maximum Gasteiger partial charge on any atom is 0.320 e. The first-order valence-electron chi connectivity index (χ1n) is 4.91. The standard InChI is InChI=1S/C11H10BrFINO3/c1-18-11(17)8(14)5-15-10(16)6-3-2-4-7(13)9(6)12/h2-4,8H,5H2,1H3,(H,15,16). The van der Waals surface area contributed by atoms with Crippen LogP contribution in [0.1, 0.15) is 10.4 Å². The summed E-state index contributed by atoms with van der Waals surface area (Å²) in [7, 11) is 1.28. The Hall–Kier alpha value is -0.700. The van der Waals surface area contributed by atoms with Crippen molar-refractivity contribution in [3.05, 3.63) is 34.1 Å². The van der Waals surface area contributed by atoms with Gasteiger partial charge in [0.1, 0.15) is 9.74 Å². The smallest absolute Gasteiger partial charge is 0.320 e. The van der Waals surface area contributed by atoms with E-state index < -0.39 is 21.6 Å². The van der Waals surface area contributed by atoms with Crippen LogP contribution in [-0.2, 0) is 9.53 Å². The van der Waals surface area contributed by atoms with E-state index in [1.54, 1.807) is 0 Å². The molecular weight excluding hydrogens is 420 g/mol. The number of hydrogen-bond acceptors (Lipinski definition) is 3. The Balaban J connectivity index is 2.66. The first-order chi connectivity index (χ1) is 8.47. The highest BCUT2D eigenvalue weighted by Crippen LogP contribution is 2.20. The first-order valence-corrected chi connectivity index (χ1v) is 6.95. The monoisotopic (exact) mass is 429 g/mol.